The molecule has 3 N–H and O–H groups in total. The molecule has 0 saturated heterocycles. The average molecular weight is 239 g/mol. The molecule has 0 bridgehead atoms. The number of carboxylic acids is 1. The second kappa shape index (κ2) is 6.55. The Kier molecular flexibility index (Phi) is 5.35. The van der Waals surface area contributed by atoms with E-state index < -0.39 is 5.97 Å². The number of carbonyl (C=O) groups is 1. The summed E-state index contributed by atoms with van der Waals surface area (Å²) < 4.78 is 0. The van der Waals surface area contributed by atoms with Crippen LogP contribution in [0, 0.1) is 6.92 Å². The van der Waals surface area contributed by atoms with Gasteiger partial charge in [0.1, 0.15) is 0 Å². The standard InChI is InChI=1S/C12H17NO2S/c1-9-2-4-11(5-3-9)16-7-6-10(13)8-12(14)15/h2-5,10H,6-8,13H2,1H3,(H,14,15). The van der Waals surface area contributed by atoms with Crippen LogP contribution < -0.4 is 5.73 Å². The monoisotopic (exact) mass is 239 g/mol. The Morgan fingerprint density at radius 1 is 1.44 bits per heavy atom. The summed E-state index contributed by atoms with van der Waals surface area (Å²) in [5.41, 5.74) is 6.91. The maximum absolute atomic E-state index is 10.4. The van der Waals surface area contributed by atoms with Gasteiger partial charge in [0.2, 0.25) is 0 Å². The second-order valence-electron chi connectivity index (χ2n) is 3.81. The van der Waals surface area contributed by atoms with E-state index in [0.29, 0.717) is 0 Å². The minimum Gasteiger partial charge on any atom is -0.481 e. The van der Waals surface area contributed by atoms with Crippen molar-refractivity contribution in [3.8, 4) is 0 Å². The van der Waals surface area contributed by atoms with Gasteiger partial charge in [-0.2, -0.15) is 0 Å². The lowest BCUT2D eigenvalue weighted by atomic mass is 10.2. The molecule has 0 spiro atoms. The molecule has 16 heavy (non-hydrogen) atoms. The van der Waals surface area contributed by atoms with Gasteiger partial charge < -0.3 is 10.8 Å². The Bertz CT molecular complexity index is 337. The van der Waals surface area contributed by atoms with Crippen LogP contribution >= 0.6 is 11.8 Å². The van der Waals surface area contributed by atoms with Crippen molar-refractivity contribution in [2.75, 3.05) is 5.75 Å². The lowest BCUT2D eigenvalue weighted by Crippen LogP contribution is -2.24. The first kappa shape index (κ1) is 13.1. The molecule has 3 nitrogen and oxygen atoms in total. The number of hydrogen-bond donors (Lipinski definition) is 2. The first-order valence-corrected chi connectivity index (χ1v) is 6.23. The van der Waals surface area contributed by atoms with Crippen LogP contribution in [0.4, 0.5) is 0 Å². The Morgan fingerprint density at radius 3 is 2.62 bits per heavy atom. The van der Waals surface area contributed by atoms with Crippen molar-refractivity contribution in [3.05, 3.63) is 29.8 Å². The molecule has 4 heteroatoms. The van der Waals surface area contributed by atoms with Crippen molar-refractivity contribution in [3.63, 3.8) is 0 Å². The molecule has 0 heterocycles. The predicted octanol–water partition coefficient (Wildman–Crippen LogP) is 2.28. The summed E-state index contributed by atoms with van der Waals surface area (Å²) in [5.74, 6) is 0.0326. The lowest BCUT2D eigenvalue weighted by Gasteiger charge is -2.08. The summed E-state index contributed by atoms with van der Waals surface area (Å²) in [4.78, 5) is 11.6. The molecule has 1 unspecified atom stereocenters. The highest BCUT2D eigenvalue weighted by Crippen LogP contribution is 2.19. The third-order valence-corrected chi connectivity index (χ3v) is 3.26. The largest absolute Gasteiger partial charge is 0.481 e. The maximum atomic E-state index is 10.4. The topological polar surface area (TPSA) is 63.3 Å². The van der Waals surface area contributed by atoms with Gasteiger partial charge in [0, 0.05) is 10.9 Å². The third-order valence-electron chi connectivity index (χ3n) is 2.22. The molecule has 0 aliphatic carbocycles. The van der Waals surface area contributed by atoms with Crippen LogP contribution in [-0.2, 0) is 4.79 Å². The average Bonchev–Trinajstić information content (AvgIpc) is 2.20. The van der Waals surface area contributed by atoms with E-state index in [2.05, 4.69) is 31.2 Å². The normalized spacial score (nSPS) is 12.4. The van der Waals surface area contributed by atoms with Gasteiger partial charge in [0.25, 0.3) is 0 Å². The summed E-state index contributed by atoms with van der Waals surface area (Å²) in [6.45, 7) is 2.05. The zero-order chi connectivity index (χ0) is 12.0. The van der Waals surface area contributed by atoms with Crippen LogP contribution in [0.2, 0.25) is 0 Å². The number of thioether (sulfide) groups is 1. The SMILES string of the molecule is Cc1ccc(SCCC(N)CC(=O)O)cc1. The molecule has 88 valence electrons. The fourth-order valence-corrected chi connectivity index (χ4v) is 2.27. The second-order valence-corrected chi connectivity index (χ2v) is 4.98. The first-order chi connectivity index (χ1) is 7.58. The summed E-state index contributed by atoms with van der Waals surface area (Å²) in [5, 5.41) is 8.54. The summed E-state index contributed by atoms with van der Waals surface area (Å²) in [7, 11) is 0. The number of aryl methyl sites for hydroxylation is 1. The number of rotatable bonds is 6. The van der Waals surface area contributed by atoms with E-state index in [1.807, 2.05) is 0 Å². The van der Waals surface area contributed by atoms with Crippen LogP contribution in [0.5, 0.6) is 0 Å². The Labute approximate surface area is 100 Å². The highest BCUT2D eigenvalue weighted by atomic mass is 32.2. The van der Waals surface area contributed by atoms with Gasteiger partial charge in [0.05, 0.1) is 6.42 Å². The van der Waals surface area contributed by atoms with Crippen molar-refractivity contribution in [1.29, 1.82) is 0 Å². The van der Waals surface area contributed by atoms with Gasteiger partial charge in [0.15, 0.2) is 0 Å². The highest BCUT2D eigenvalue weighted by Gasteiger charge is 2.07. The minimum atomic E-state index is -0.826. The molecule has 0 radical (unpaired) electrons. The number of carboxylic acid groups (broad SMARTS) is 1. The third kappa shape index (κ3) is 5.19. The van der Waals surface area contributed by atoms with Gasteiger partial charge in [-0.05, 0) is 31.2 Å². The summed E-state index contributed by atoms with van der Waals surface area (Å²) >= 11 is 1.71. The van der Waals surface area contributed by atoms with E-state index in [1.165, 1.54) is 10.5 Å². The molecular weight excluding hydrogens is 222 g/mol. The molecule has 1 aromatic carbocycles. The van der Waals surface area contributed by atoms with Crippen molar-refractivity contribution < 1.29 is 9.90 Å². The molecule has 1 atom stereocenters. The Hall–Kier alpha value is -1.00. The van der Waals surface area contributed by atoms with E-state index in [9.17, 15) is 4.79 Å². The van der Waals surface area contributed by atoms with E-state index in [1.54, 1.807) is 11.8 Å². The number of aliphatic carboxylic acids is 1. The molecule has 0 aliphatic heterocycles. The van der Waals surface area contributed by atoms with Gasteiger partial charge in [-0.3, -0.25) is 4.79 Å². The number of nitrogens with two attached hydrogens (primary N) is 1. The van der Waals surface area contributed by atoms with Crippen molar-refractivity contribution in [2.24, 2.45) is 5.73 Å². The molecule has 0 aromatic heterocycles. The van der Waals surface area contributed by atoms with Crippen LogP contribution in [-0.4, -0.2) is 22.9 Å². The van der Waals surface area contributed by atoms with Gasteiger partial charge in [-0.1, -0.05) is 17.7 Å². The molecular formula is C12H17NO2S. The van der Waals surface area contributed by atoms with Gasteiger partial charge in [-0.15, -0.1) is 11.8 Å². The molecule has 0 fully saturated rings. The van der Waals surface area contributed by atoms with Gasteiger partial charge >= 0.3 is 5.97 Å². The van der Waals surface area contributed by atoms with E-state index in [-0.39, 0.29) is 12.5 Å². The first-order valence-electron chi connectivity index (χ1n) is 5.25. The minimum absolute atomic E-state index is 0.0501. The summed E-state index contributed by atoms with van der Waals surface area (Å²) in [6.07, 6.45) is 0.777. The molecule has 0 amide bonds. The lowest BCUT2D eigenvalue weighted by molar-refractivity contribution is -0.137. The van der Waals surface area contributed by atoms with E-state index in [4.69, 9.17) is 10.8 Å². The zero-order valence-electron chi connectivity index (χ0n) is 9.35. The highest BCUT2D eigenvalue weighted by molar-refractivity contribution is 7.99. The van der Waals surface area contributed by atoms with Crippen molar-refractivity contribution in [2.45, 2.75) is 30.7 Å². The smallest absolute Gasteiger partial charge is 0.304 e. The zero-order valence-corrected chi connectivity index (χ0v) is 10.2. The van der Waals surface area contributed by atoms with Crippen molar-refractivity contribution >= 4 is 17.7 Å². The maximum Gasteiger partial charge on any atom is 0.304 e. The van der Waals surface area contributed by atoms with Crippen LogP contribution in [0.3, 0.4) is 0 Å². The summed E-state index contributed by atoms with van der Waals surface area (Å²) in [6, 6.07) is 8.04. The van der Waals surface area contributed by atoms with E-state index in [0.717, 1.165) is 12.2 Å². The quantitative estimate of drug-likeness (QED) is 0.748. The molecule has 0 aliphatic rings. The molecule has 1 aromatic rings. The van der Waals surface area contributed by atoms with Gasteiger partial charge in [-0.25, -0.2) is 0 Å². The fourth-order valence-electron chi connectivity index (χ4n) is 1.29. The van der Waals surface area contributed by atoms with Crippen LogP contribution in [0.15, 0.2) is 29.2 Å². The van der Waals surface area contributed by atoms with Crippen LogP contribution in [0.25, 0.3) is 0 Å². The van der Waals surface area contributed by atoms with Crippen LogP contribution in [0.1, 0.15) is 18.4 Å². The molecule has 0 saturated carbocycles. The number of benzene rings is 1. The van der Waals surface area contributed by atoms with Crippen molar-refractivity contribution in [1.82, 2.24) is 0 Å². The van der Waals surface area contributed by atoms with E-state index >= 15 is 0 Å². The fraction of sp³-hybridized carbons (Fsp3) is 0.417. The predicted molar refractivity (Wildman–Crippen MR) is 66.7 cm³/mol. The molecule has 1 rings (SSSR count). The Morgan fingerprint density at radius 2 is 2.06 bits per heavy atom. The number of hydrogen-bond acceptors (Lipinski definition) is 3. The Balaban J connectivity index is 2.25.